The molecule has 0 aliphatic heterocycles. The molecule has 0 radical (unpaired) electrons. The van der Waals surface area contributed by atoms with Crippen LogP contribution in [0, 0.1) is 6.92 Å². The number of nitrogens with zero attached hydrogens (tertiary/aromatic N) is 2. The first-order chi connectivity index (χ1) is 16.6. The molecule has 3 aromatic rings. The van der Waals surface area contributed by atoms with Gasteiger partial charge < -0.3 is 26.4 Å². The molecule has 2 aromatic heterocycles. The Morgan fingerprint density at radius 3 is 2.69 bits per heavy atom. The van der Waals surface area contributed by atoms with Gasteiger partial charge in [-0.3, -0.25) is 14.8 Å². The second-order valence-corrected chi connectivity index (χ2v) is 10.0. The minimum atomic E-state index is -4.09. The number of carboxylic acids is 1. The maximum Gasteiger partial charge on any atom is 0.326 e. The summed E-state index contributed by atoms with van der Waals surface area (Å²) in [6.07, 6.45) is -0.218. The molecular formula is C20H25N7O6S2. The van der Waals surface area contributed by atoms with Crippen LogP contribution in [-0.4, -0.2) is 54.4 Å². The van der Waals surface area contributed by atoms with E-state index in [1.165, 1.54) is 29.6 Å². The summed E-state index contributed by atoms with van der Waals surface area (Å²) in [5.41, 5.74) is 11.2. The van der Waals surface area contributed by atoms with E-state index in [-0.39, 0.29) is 27.7 Å². The van der Waals surface area contributed by atoms with Crippen LogP contribution < -0.4 is 26.8 Å². The largest absolute Gasteiger partial charge is 0.480 e. The average molecular weight is 524 g/mol. The number of aryl methyl sites for hydroxylation is 1. The SMILES string of the molecule is Cc1nc(-c2cccc(S(=O)(=O)Nc3ccsc3C(=O)N[C@@H](CCCNC(N)N)C(=O)O)c2)no1. The number of hydrogen-bond acceptors (Lipinski definition) is 11. The fraction of sp³-hybridized carbons (Fsp3) is 0.300. The zero-order chi connectivity index (χ0) is 25.6. The van der Waals surface area contributed by atoms with E-state index in [1.54, 1.807) is 13.0 Å². The van der Waals surface area contributed by atoms with E-state index < -0.39 is 34.2 Å². The lowest BCUT2D eigenvalue weighted by molar-refractivity contribution is -0.139. The van der Waals surface area contributed by atoms with E-state index in [0.29, 0.717) is 24.4 Å². The van der Waals surface area contributed by atoms with Gasteiger partial charge in [0.2, 0.25) is 11.7 Å². The highest BCUT2D eigenvalue weighted by Gasteiger charge is 2.25. The topological polar surface area (TPSA) is 216 Å². The van der Waals surface area contributed by atoms with Crippen LogP contribution in [0.5, 0.6) is 0 Å². The van der Waals surface area contributed by atoms with Crippen LogP contribution in [0.3, 0.4) is 0 Å². The second-order valence-electron chi connectivity index (χ2n) is 7.42. The van der Waals surface area contributed by atoms with Gasteiger partial charge in [-0.1, -0.05) is 17.3 Å². The number of carboxylic acid groups (broad SMARTS) is 1. The number of carbonyl (C=O) groups is 2. The van der Waals surface area contributed by atoms with Crippen LogP contribution in [0.25, 0.3) is 11.4 Å². The predicted octanol–water partition coefficient (Wildman–Crippen LogP) is 0.661. The Bertz CT molecular complexity index is 1290. The Labute approximate surface area is 204 Å². The van der Waals surface area contributed by atoms with Crippen molar-refractivity contribution in [2.24, 2.45) is 11.5 Å². The Hall–Kier alpha value is -3.37. The fourth-order valence-electron chi connectivity index (χ4n) is 3.04. The summed E-state index contributed by atoms with van der Waals surface area (Å²) >= 11 is 0.973. The number of anilines is 1. The molecule has 8 N–H and O–H groups in total. The van der Waals surface area contributed by atoms with Gasteiger partial charge in [-0.15, -0.1) is 11.3 Å². The van der Waals surface area contributed by atoms with Crippen molar-refractivity contribution in [2.75, 3.05) is 11.3 Å². The van der Waals surface area contributed by atoms with Gasteiger partial charge in [-0.05, 0) is 43.0 Å². The Morgan fingerprint density at radius 2 is 2.03 bits per heavy atom. The highest BCUT2D eigenvalue weighted by molar-refractivity contribution is 7.92. The number of rotatable bonds is 12. The number of sulfonamides is 1. The first kappa shape index (κ1) is 26.2. The third-order valence-electron chi connectivity index (χ3n) is 4.70. The van der Waals surface area contributed by atoms with Crippen LogP contribution in [0.15, 0.2) is 45.1 Å². The molecule has 0 aliphatic carbocycles. The summed E-state index contributed by atoms with van der Waals surface area (Å²) in [5.74, 6) is -1.37. The predicted molar refractivity (Wildman–Crippen MR) is 128 cm³/mol. The minimum Gasteiger partial charge on any atom is -0.480 e. The van der Waals surface area contributed by atoms with Crippen LogP contribution in [0.2, 0.25) is 0 Å². The van der Waals surface area contributed by atoms with Crippen molar-refractivity contribution < 1.29 is 27.6 Å². The molecule has 0 saturated carbocycles. The van der Waals surface area contributed by atoms with E-state index in [1.807, 2.05) is 0 Å². The van der Waals surface area contributed by atoms with Crippen molar-refractivity contribution in [1.29, 1.82) is 0 Å². The number of nitrogens with one attached hydrogen (secondary N) is 3. The van der Waals surface area contributed by atoms with Gasteiger partial charge in [0.15, 0.2) is 0 Å². The van der Waals surface area contributed by atoms with Crippen LogP contribution in [0.1, 0.15) is 28.4 Å². The molecule has 1 aromatic carbocycles. The maximum atomic E-state index is 13.0. The third kappa shape index (κ3) is 7.06. The molecule has 13 nitrogen and oxygen atoms in total. The fourth-order valence-corrected chi connectivity index (χ4v) is 4.98. The molecule has 0 unspecified atom stereocenters. The van der Waals surface area contributed by atoms with Gasteiger partial charge in [-0.2, -0.15) is 4.98 Å². The van der Waals surface area contributed by atoms with Gasteiger partial charge in [0.1, 0.15) is 17.2 Å². The van der Waals surface area contributed by atoms with Crippen molar-refractivity contribution >= 4 is 38.9 Å². The summed E-state index contributed by atoms with van der Waals surface area (Å²) in [7, 11) is -4.09. The zero-order valence-corrected chi connectivity index (χ0v) is 20.2. The second kappa shape index (κ2) is 11.4. The zero-order valence-electron chi connectivity index (χ0n) is 18.6. The van der Waals surface area contributed by atoms with Crippen molar-refractivity contribution in [3.63, 3.8) is 0 Å². The Balaban J connectivity index is 1.72. The first-order valence-electron chi connectivity index (χ1n) is 10.4. The van der Waals surface area contributed by atoms with Gasteiger partial charge in [0.05, 0.1) is 10.6 Å². The molecule has 1 amide bonds. The highest BCUT2D eigenvalue weighted by atomic mass is 32.2. The van der Waals surface area contributed by atoms with Crippen molar-refractivity contribution in [3.05, 3.63) is 46.5 Å². The molecule has 0 saturated heterocycles. The number of thiophene rings is 1. The lowest BCUT2D eigenvalue weighted by Gasteiger charge is -2.16. The normalized spacial score (nSPS) is 12.5. The van der Waals surface area contributed by atoms with Crippen molar-refractivity contribution in [3.8, 4) is 11.4 Å². The average Bonchev–Trinajstić information content (AvgIpc) is 3.44. The molecule has 0 aliphatic rings. The molecule has 0 bridgehead atoms. The number of hydrogen-bond donors (Lipinski definition) is 6. The van der Waals surface area contributed by atoms with Crippen LogP contribution in [0.4, 0.5) is 5.69 Å². The van der Waals surface area contributed by atoms with Gasteiger partial charge in [-0.25, -0.2) is 13.2 Å². The standard InChI is InChI=1S/C20H25N7O6S2/c1-11-24-17(26-33-11)12-4-2-5-13(10-12)35(31,32)27-14-7-9-34-16(14)18(28)25-15(19(29)30)6-3-8-23-20(21)22/h2,4-5,7,9-10,15,20,23,27H,3,6,8,21-22H2,1H3,(H,25,28)(H,29,30)/t15-/m0/s1. The lowest BCUT2D eigenvalue weighted by atomic mass is 10.1. The summed E-state index contributed by atoms with van der Waals surface area (Å²) in [6, 6.07) is 6.16. The van der Waals surface area contributed by atoms with E-state index >= 15 is 0 Å². The maximum absolute atomic E-state index is 13.0. The summed E-state index contributed by atoms with van der Waals surface area (Å²) in [4.78, 5) is 28.4. The van der Waals surface area contributed by atoms with E-state index in [9.17, 15) is 23.1 Å². The number of amides is 1. The summed E-state index contributed by atoms with van der Waals surface area (Å²) < 4.78 is 33.3. The molecule has 35 heavy (non-hydrogen) atoms. The highest BCUT2D eigenvalue weighted by Crippen LogP contribution is 2.27. The number of carbonyl (C=O) groups excluding carboxylic acids is 1. The van der Waals surface area contributed by atoms with E-state index in [0.717, 1.165) is 11.3 Å². The molecular weight excluding hydrogens is 498 g/mol. The van der Waals surface area contributed by atoms with Crippen molar-refractivity contribution in [2.45, 2.75) is 37.0 Å². The molecule has 0 spiro atoms. The minimum absolute atomic E-state index is 0.0203. The molecule has 0 fully saturated rings. The quantitative estimate of drug-likeness (QED) is 0.143. The first-order valence-corrected chi connectivity index (χ1v) is 12.7. The third-order valence-corrected chi connectivity index (χ3v) is 6.98. The van der Waals surface area contributed by atoms with Gasteiger partial charge in [0, 0.05) is 12.5 Å². The molecule has 2 heterocycles. The molecule has 15 heteroatoms. The van der Waals surface area contributed by atoms with E-state index in [4.69, 9.17) is 16.0 Å². The monoisotopic (exact) mass is 523 g/mol. The number of benzene rings is 1. The Kier molecular flexibility index (Phi) is 8.52. The number of aliphatic carboxylic acids is 1. The van der Waals surface area contributed by atoms with Gasteiger partial charge >= 0.3 is 5.97 Å². The number of nitrogens with two attached hydrogens (primary N) is 2. The molecule has 3 rings (SSSR count). The lowest BCUT2D eigenvalue weighted by Crippen LogP contribution is -2.46. The van der Waals surface area contributed by atoms with Gasteiger partial charge in [0.25, 0.3) is 15.9 Å². The summed E-state index contributed by atoms with van der Waals surface area (Å²) in [5, 5.41) is 19.9. The Morgan fingerprint density at radius 1 is 1.26 bits per heavy atom. The van der Waals surface area contributed by atoms with Crippen molar-refractivity contribution in [1.82, 2.24) is 20.8 Å². The van der Waals surface area contributed by atoms with Crippen LogP contribution in [-0.2, 0) is 14.8 Å². The molecule has 188 valence electrons. The number of aromatic nitrogens is 2. The smallest absolute Gasteiger partial charge is 0.326 e. The van der Waals surface area contributed by atoms with Crippen LogP contribution >= 0.6 is 11.3 Å². The summed E-state index contributed by atoms with van der Waals surface area (Å²) in [6.45, 7) is 1.98. The molecule has 1 atom stereocenters. The van der Waals surface area contributed by atoms with E-state index in [2.05, 4.69) is 25.5 Å².